The van der Waals surface area contributed by atoms with Crippen LogP contribution in [0.2, 0.25) is 0 Å². The predicted octanol–water partition coefficient (Wildman–Crippen LogP) is 6.64. The zero-order valence-corrected chi connectivity index (χ0v) is 20.4. The van der Waals surface area contributed by atoms with E-state index in [1.54, 1.807) is 11.3 Å². The van der Waals surface area contributed by atoms with Gasteiger partial charge in [-0.2, -0.15) is 0 Å². The van der Waals surface area contributed by atoms with Crippen LogP contribution < -0.4 is 5.32 Å². The summed E-state index contributed by atoms with van der Waals surface area (Å²) in [5, 5.41) is 5.98. The predicted molar refractivity (Wildman–Crippen MR) is 141 cm³/mol. The Balaban J connectivity index is 1.15. The first-order valence-corrected chi connectivity index (χ1v) is 13.1. The monoisotopic (exact) mass is 480 g/mol. The Labute approximate surface area is 210 Å². The Bertz CT molecular complexity index is 1340. The molecular weight excluding hydrogens is 452 g/mol. The van der Waals surface area contributed by atoms with E-state index >= 15 is 0 Å². The van der Waals surface area contributed by atoms with Crippen LogP contribution >= 0.6 is 11.3 Å². The number of fused-ring (bicyclic) bond motifs is 1. The van der Waals surface area contributed by atoms with E-state index in [0.717, 1.165) is 45.8 Å². The van der Waals surface area contributed by atoms with E-state index in [9.17, 15) is 9.59 Å². The minimum absolute atomic E-state index is 0.0357. The maximum Gasteiger partial charge on any atom is 0.220 e. The van der Waals surface area contributed by atoms with Gasteiger partial charge in [-0.15, -0.1) is 11.3 Å². The molecule has 0 unspecified atom stereocenters. The SMILES string of the molecule is O=C(CCC(=O)c1ccc2c(c1)CCCC2)NCc1cccc(-c2nc(-c3ccccc3)cs2)c1. The standard InChI is InChI=1S/C30H28N2O2S/c33-28(25-14-13-22-8-4-5-11-24(22)18-25)15-16-29(34)31-19-21-7-6-12-26(17-21)30-32-27(20-35-30)23-9-2-1-3-10-23/h1-3,6-7,9-10,12-14,17-18,20H,4-5,8,11,15-16,19H2,(H,31,34). The van der Waals surface area contributed by atoms with Gasteiger partial charge in [0.25, 0.3) is 0 Å². The molecule has 0 saturated heterocycles. The summed E-state index contributed by atoms with van der Waals surface area (Å²) in [4.78, 5) is 29.8. The molecule has 3 aromatic carbocycles. The normalized spacial score (nSPS) is 12.7. The van der Waals surface area contributed by atoms with Crippen molar-refractivity contribution < 1.29 is 9.59 Å². The molecule has 0 atom stereocenters. The highest BCUT2D eigenvalue weighted by Gasteiger charge is 2.14. The molecule has 0 aliphatic heterocycles. The van der Waals surface area contributed by atoms with Crippen molar-refractivity contribution in [1.29, 1.82) is 0 Å². The van der Waals surface area contributed by atoms with E-state index in [2.05, 4.69) is 35.0 Å². The second-order valence-corrected chi connectivity index (χ2v) is 9.85. The topological polar surface area (TPSA) is 59.1 Å². The number of ketones is 1. The minimum Gasteiger partial charge on any atom is -0.352 e. The second-order valence-electron chi connectivity index (χ2n) is 8.99. The molecule has 35 heavy (non-hydrogen) atoms. The molecule has 0 bridgehead atoms. The number of aromatic nitrogens is 1. The Morgan fingerprint density at radius 2 is 1.63 bits per heavy atom. The molecule has 1 aliphatic carbocycles. The summed E-state index contributed by atoms with van der Waals surface area (Å²) in [6.07, 6.45) is 4.98. The third kappa shape index (κ3) is 5.75. The lowest BCUT2D eigenvalue weighted by Gasteiger charge is -2.16. The van der Waals surface area contributed by atoms with Crippen LogP contribution in [0.25, 0.3) is 21.8 Å². The van der Waals surface area contributed by atoms with Gasteiger partial charge in [-0.3, -0.25) is 9.59 Å². The van der Waals surface area contributed by atoms with Crippen LogP contribution in [0.3, 0.4) is 0 Å². The second kappa shape index (κ2) is 10.8. The molecule has 4 nitrogen and oxygen atoms in total. The van der Waals surface area contributed by atoms with Crippen molar-refractivity contribution in [1.82, 2.24) is 10.3 Å². The maximum atomic E-state index is 12.6. The summed E-state index contributed by atoms with van der Waals surface area (Å²) in [6, 6.07) is 24.2. The minimum atomic E-state index is -0.109. The Morgan fingerprint density at radius 3 is 2.49 bits per heavy atom. The van der Waals surface area contributed by atoms with Crippen molar-refractivity contribution in [2.75, 3.05) is 0 Å². The van der Waals surface area contributed by atoms with Crippen molar-refractivity contribution in [3.05, 3.63) is 100 Å². The third-order valence-electron chi connectivity index (χ3n) is 6.49. The lowest BCUT2D eigenvalue weighted by Crippen LogP contribution is -2.23. The fourth-order valence-corrected chi connectivity index (χ4v) is 5.36. The number of amides is 1. The molecular formula is C30H28N2O2S. The fourth-order valence-electron chi connectivity index (χ4n) is 4.53. The van der Waals surface area contributed by atoms with Crippen molar-refractivity contribution in [3.8, 4) is 21.8 Å². The molecule has 0 radical (unpaired) electrons. The van der Waals surface area contributed by atoms with Gasteiger partial charge in [-0.1, -0.05) is 60.7 Å². The number of hydrogen-bond acceptors (Lipinski definition) is 4. The van der Waals surface area contributed by atoms with Gasteiger partial charge in [-0.05, 0) is 54.5 Å². The number of rotatable bonds is 8. The van der Waals surface area contributed by atoms with E-state index in [1.807, 2.05) is 48.5 Å². The van der Waals surface area contributed by atoms with Crippen molar-refractivity contribution in [3.63, 3.8) is 0 Å². The van der Waals surface area contributed by atoms with E-state index in [4.69, 9.17) is 4.98 Å². The van der Waals surface area contributed by atoms with E-state index in [-0.39, 0.29) is 24.5 Å². The molecule has 1 amide bonds. The van der Waals surface area contributed by atoms with Crippen molar-refractivity contribution in [2.24, 2.45) is 0 Å². The zero-order chi connectivity index (χ0) is 24.0. The number of nitrogens with zero attached hydrogens (tertiary/aromatic N) is 1. The summed E-state index contributed by atoms with van der Waals surface area (Å²) < 4.78 is 0. The van der Waals surface area contributed by atoms with E-state index in [0.29, 0.717) is 6.54 Å². The molecule has 4 aromatic rings. The number of thiazole rings is 1. The molecule has 5 heteroatoms. The number of benzene rings is 3. The first kappa shape index (κ1) is 23.2. The van der Waals surface area contributed by atoms with Gasteiger partial charge in [0.05, 0.1) is 5.69 Å². The van der Waals surface area contributed by atoms with Crippen LogP contribution in [0.15, 0.2) is 78.2 Å². The molecule has 0 spiro atoms. The molecule has 1 aliphatic rings. The molecule has 1 N–H and O–H groups in total. The summed E-state index contributed by atoms with van der Waals surface area (Å²) in [5.74, 6) is -0.0733. The van der Waals surface area contributed by atoms with Gasteiger partial charge in [0, 0.05) is 41.5 Å². The van der Waals surface area contributed by atoms with Gasteiger partial charge in [-0.25, -0.2) is 4.98 Å². The average molecular weight is 481 g/mol. The number of carbonyl (C=O) groups is 2. The van der Waals surface area contributed by atoms with Crippen molar-refractivity contribution >= 4 is 23.0 Å². The summed E-state index contributed by atoms with van der Waals surface area (Å²) in [7, 11) is 0. The number of hydrogen-bond donors (Lipinski definition) is 1. The Kier molecular flexibility index (Phi) is 7.15. The summed E-state index contributed by atoms with van der Waals surface area (Å²) in [6.45, 7) is 0.427. The number of aryl methyl sites for hydroxylation is 2. The quantitative estimate of drug-likeness (QED) is 0.288. The summed E-state index contributed by atoms with van der Waals surface area (Å²) >= 11 is 1.61. The van der Waals surface area contributed by atoms with Crippen LogP contribution in [0.4, 0.5) is 0 Å². The molecule has 1 aromatic heterocycles. The average Bonchev–Trinajstić information content (AvgIpc) is 3.41. The molecule has 0 fully saturated rings. The van der Waals surface area contributed by atoms with E-state index < -0.39 is 0 Å². The lowest BCUT2D eigenvalue weighted by molar-refractivity contribution is -0.121. The van der Waals surface area contributed by atoms with Crippen molar-refractivity contribution in [2.45, 2.75) is 45.1 Å². The van der Waals surface area contributed by atoms with Gasteiger partial charge in [0.15, 0.2) is 5.78 Å². The van der Waals surface area contributed by atoms with Gasteiger partial charge in [0.2, 0.25) is 5.91 Å². The number of Topliss-reactive ketones (excluding diaryl/α,β-unsaturated/α-hetero) is 1. The fraction of sp³-hybridized carbons (Fsp3) is 0.233. The molecule has 5 rings (SSSR count). The first-order chi connectivity index (χ1) is 17.2. The lowest BCUT2D eigenvalue weighted by atomic mass is 9.89. The first-order valence-electron chi connectivity index (χ1n) is 12.2. The Hall–Kier alpha value is -3.57. The van der Waals surface area contributed by atoms with Gasteiger partial charge < -0.3 is 5.32 Å². The van der Waals surface area contributed by atoms with Gasteiger partial charge in [0.1, 0.15) is 5.01 Å². The highest BCUT2D eigenvalue weighted by atomic mass is 32.1. The third-order valence-corrected chi connectivity index (χ3v) is 7.38. The Morgan fingerprint density at radius 1 is 0.829 bits per heavy atom. The zero-order valence-electron chi connectivity index (χ0n) is 19.6. The van der Waals surface area contributed by atoms with Crippen LogP contribution in [-0.2, 0) is 24.2 Å². The van der Waals surface area contributed by atoms with Crippen LogP contribution in [0, 0.1) is 0 Å². The molecule has 176 valence electrons. The summed E-state index contributed by atoms with van der Waals surface area (Å²) in [5.41, 5.74) is 7.49. The van der Waals surface area contributed by atoms with Crippen LogP contribution in [0.5, 0.6) is 0 Å². The largest absolute Gasteiger partial charge is 0.352 e. The number of carbonyl (C=O) groups excluding carboxylic acids is 2. The number of nitrogens with one attached hydrogen (secondary N) is 1. The van der Waals surface area contributed by atoms with Gasteiger partial charge >= 0.3 is 0 Å². The smallest absolute Gasteiger partial charge is 0.220 e. The molecule has 1 heterocycles. The van der Waals surface area contributed by atoms with Crippen LogP contribution in [0.1, 0.15) is 52.7 Å². The highest BCUT2D eigenvalue weighted by molar-refractivity contribution is 7.13. The van der Waals surface area contributed by atoms with Crippen LogP contribution in [-0.4, -0.2) is 16.7 Å². The highest BCUT2D eigenvalue weighted by Crippen LogP contribution is 2.29. The maximum absolute atomic E-state index is 12.6. The van der Waals surface area contributed by atoms with E-state index in [1.165, 1.54) is 24.0 Å². The molecule has 0 saturated carbocycles.